The van der Waals surface area contributed by atoms with Crippen LogP contribution in [0.3, 0.4) is 0 Å². The van der Waals surface area contributed by atoms with Crippen LogP contribution in [0.5, 0.6) is 0 Å². The highest BCUT2D eigenvalue weighted by molar-refractivity contribution is 5.99. The molecule has 34 heavy (non-hydrogen) atoms. The van der Waals surface area contributed by atoms with Crippen molar-refractivity contribution >= 4 is 24.0 Å². The molecule has 0 aliphatic rings. The summed E-state index contributed by atoms with van der Waals surface area (Å²) in [4.78, 5) is 33.4. The maximum absolute atomic E-state index is 12.4. The average Bonchev–Trinajstić information content (AvgIpc) is 2.84. The van der Waals surface area contributed by atoms with E-state index in [1.807, 2.05) is 72.8 Å². The molecule has 4 nitrogen and oxygen atoms in total. The van der Waals surface area contributed by atoms with Crippen molar-refractivity contribution in [2.24, 2.45) is 9.98 Å². The number of rotatable bonds is 10. The molecule has 0 aliphatic carbocycles. The number of benzene rings is 3. The van der Waals surface area contributed by atoms with Crippen LogP contribution >= 0.6 is 0 Å². The zero-order chi connectivity index (χ0) is 24.5. The second-order valence-corrected chi connectivity index (χ2v) is 9.01. The minimum Gasteiger partial charge on any atom is -0.292 e. The monoisotopic (exact) mass is 452 g/mol. The van der Waals surface area contributed by atoms with Crippen LogP contribution in [0.15, 0.2) is 82.8 Å². The highest BCUT2D eigenvalue weighted by Gasteiger charge is 2.07. The number of carbonyl (C=O) groups is 2. The SMILES string of the molecule is CC(C)c1ccc(C(=O)CN=Cc2cccc(C=NCC(=O)c3ccc(C(C)C)cc3)c2)cc1. The van der Waals surface area contributed by atoms with Gasteiger partial charge in [0.05, 0.1) is 0 Å². The van der Waals surface area contributed by atoms with Crippen LogP contribution in [0, 0.1) is 0 Å². The first-order valence-electron chi connectivity index (χ1n) is 11.7. The van der Waals surface area contributed by atoms with E-state index >= 15 is 0 Å². The van der Waals surface area contributed by atoms with Gasteiger partial charge in [0.25, 0.3) is 0 Å². The van der Waals surface area contributed by atoms with Gasteiger partial charge in [-0.15, -0.1) is 0 Å². The molecule has 0 heterocycles. The number of ketones is 2. The van der Waals surface area contributed by atoms with Crippen LogP contribution < -0.4 is 0 Å². The Kier molecular flexibility index (Phi) is 8.80. The molecule has 0 aliphatic heterocycles. The second kappa shape index (κ2) is 12.0. The van der Waals surface area contributed by atoms with Gasteiger partial charge in [-0.3, -0.25) is 19.6 Å². The minimum absolute atomic E-state index is 0.00999. The molecule has 0 unspecified atom stereocenters. The van der Waals surface area contributed by atoms with Gasteiger partial charge in [-0.1, -0.05) is 94.4 Å². The number of nitrogens with zero attached hydrogens (tertiary/aromatic N) is 2. The zero-order valence-electron chi connectivity index (χ0n) is 20.4. The van der Waals surface area contributed by atoms with E-state index in [0.717, 1.165) is 11.1 Å². The third-order valence-corrected chi connectivity index (χ3v) is 5.66. The number of aliphatic imine (C=N–C) groups is 2. The van der Waals surface area contributed by atoms with Crippen molar-refractivity contribution in [3.63, 3.8) is 0 Å². The molecule has 0 bridgehead atoms. The summed E-state index contributed by atoms with van der Waals surface area (Å²) in [5.41, 5.74) is 5.52. The second-order valence-electron chi connectivity index (χ2n) is 9.01. The lowest BCUT2D eigenvalue weighted by molar-refractivity contribution is 0.0994. The molecule has 3 aromatic rings. The Balaban J connectivity index is 1.54. The Morgan fingerprint density at radius 1 is 0.647 bits per heavy atom. The number of hydrogen-bond donors (Lipinski definition) is 0. The first-order valence-corrected chi connectivity index (χ1v) is 11.7. The molecular formula is C30H32N2O2. The van der Waals surface area contributed by atoms with Gasteiger partial charge in [0.1, 0.15) is 13.1 Å². The summed E-state index contributed by atoms with van der Waals surface area (Å²) in [5, 5.41) is 0. The molecule has 0 aromatic heterocycles. The van der Waals surface area contributed by atoms with Crippen molar-refractivity contribution in [2.45, 2.75) is 39.5 Å². The van der Waals surface area contributed by atoms with Crippen molar-refractivity contribution in [1.82, 2.24) is 0 Å². The summed E-state index contributed by atoms with van der Waals surface area (Å²) in [5.74, 6) is 0.855. The molecule has 0 atom stereocenters. The summed E-state index contributed by atoms with van der Waals surface area (Å²) in [6, 6.07) is 23.1. The summed E-state index contributed by atoms with van der Waals surface area (Å²) in [6.07, 6.45) is 3.39. The maximum atomic E-state index is 12.4. The van der Waals surface area contributed by atoms with Gasteiger partial charge in [0, 0.05) is 23.6 Å². The molecule has 0 spiro atoms. The summed E-state index contributed by atoms with van der Waals surface area (Å²) >= 11 is 0. The lowest BCUT2D eigenvalue weighted by atomic mass is 10.0. The van der Waals surface area contributed by atoms with Crippen LogP contribution in [0.2, 0.25) is 0 Å². The fraction of sp³-hybridized carbons (Fsp3) is 0.267. The predicted molar refractivity (Wildman–Crippen MR) is 141 cm³/mol. The van der Waals surface area contributed by atoms with E-state index < -0.39 is 0 Å². The standard InChI is InChI=1S/C30H32N2O2/c1-21(2)25-8-12-27(13-9-25)29(33)19-31-17-23-6-5-7-24(16-23)18-32-20-30(34)28-14-10-26(11-15-28)22(3)4/h5-18,21-22H,19-20H2,1-4H3. The fourth-order valence-electron chi connectivity index (χ4n) is 3.48. The van der Waals surface area contributed by atoms with E-state index in [1.165, 1.54) is 11.1 Å². The van der Waals surface area contributed by atoms with E-state index in [2.05, 4.69) is 37.7 Å². The third kappa shape index (κ3) is 7.17. The maximum Gasteiger partial charge on any atom is 0.184 e. The summed E-state index contributed by atoms with van der Waals surface area (Å²) in [6.45, 7) is 8.71. The molecule has 0 fully saturated rings. The first-order chi connectivity index (χ1) is 16.3. The number of carbonyl (C=O) groups excluding carboxylic acids is 2. The third-order valence-electron chi connectivity index (χ3n) is 5.66. The molecular weight excluding hydrogens is 420 g/mol. The van der Waals surface area contributed by atoms with Crippen molar-refractivity contribution < 1.29 is 9.59 Å². The van der Waals surface area contributed by atoms with Crippen molar-refractivity contribution in [1.29, 1.82) is 0 Å². The van der Waals surface area contributed by atoms with E-state index in [0.29, 0.717) is 23.0 Å². The number of hydrogen-bond acceptors (Lipinski definition) is 4. The van der Waals surface area contributed by atoms with E-state index in [4.69, 9.17) is 0 Å². The first kappa shape index (κ1) is 25.0. The average molecular weight is 453 g/mol. The molecule has 0 amide bonds. The van der Waals surface area contributed by atoms with E-state index in [-0.39, 0.29) is 24.7 Å². The van der Waals surface area contributed by atoms with Gasteiger partial charge in [-0.2, -0.15) is 0 Å². The lowest BCUT2D eigenvalue weighted by Gasteiger charge is -2.05. The lowest BCUT2D eigenvalue weighted by Crippen LogP contribution is -2.04. The number of Topliss-reactive ketones (excluding diaryl/α,β-unsaturated/α-hetero) is 2. The summed E-state index contributed by atoms with van der Waals surface area (Å²) < 4.78 is 0. The van der Waals surface area contributed by atoms with Crippen molar-refractivity contribution in [3.05, 3.63) is 106 Å². The van der Waals surface area contributed by atoms with Gasteiger partial charge < -0.3 is 0 Å². The Morgan fingerprint density at radius 3 is 1.38 bits per heavy atom. The largest absolute Gasteiger partial charge is 0.292 e. The van der Waals surface area contributed by atoms with Crippen molar-refractivity contribution in [3.8, 4) is 0 Å². The molecule has 0 saturated carbocycles. The molecule has 174 valence electrons. The van der Waals surface area contributed by atoms with Crippen LogP contribution in [-0.2, 0) is 0 Å². The van der Waals surface area contributed by atoms with Gasteiger partial charge >= 0.3 is 0 Å². The predicted octanol–water partition coefficient (Wildman–Crippen LogP) is 6.54. The van der Waals surface area contributed by atoms with E-state index in [9.17, 15) is 9.59 Å². The highest BCUT2D eigenvalue weighted by atomic mass is 16.1. The van der Waals surface area contributed by atoms with Crippen LogP contribution in [-0.4, -0.2) is 37.1 Å². The van der Waals surface area contributed by atoms with Crippen LogP contribution in [0.4, 0.5) is 0 Å². The topological polar surface area (TPSA) is 58.9 Å². The normalized spacial score (nSPS) is 11.7. The molecule has 0 N–H and O–H groups in total. The highest BCUT2D eigenvalue weighted by Crippen LogP contribution is 2.16. The molecule has 4 heteroatoms. The van der Waals surface area contributed by atoms with Crippen LogP contribution in [0.1, 0.15) is 82.5 Å². The minimum atomic E-state index is -0.00999. The Morgan fingerprint density at radius 2 is 1.03 bits per heavy atom. The van der Waals surface area contributed by atoms with Crippen LogP contribution in [0.25, 0.3) is 0 Å². The van der Waals surface area contributed by atoms with E-state index in [1.54, 1.807) is 12.4 Å². The Bertz CT molecular complexity index is 1080. The quantitative estimate of drug-likeness (QED) is 0.259. The zero-order valence-corrected chi connectivity index (χ0v) is 20.4. The van der Waals surface area contributed by atoms with Gasteiger partial charge in [0.15, 0.2) is 11.6 Å². The summed E-state index contributed by atoms with van der Waals surface area (Å²) in [7, 11) is 0. The molecule has 3 aromatic carbocycles. The van der Waals surface area contributed by atoms with Gasteiger partial charge in [0.2, 0.25) is 0 Å². The smallest absolute Gasteiger partial charge is 0.184 e. The van der Waals surface area contributed by atoms with Gasteiger partial charge in [-0.25, -0.2) is 0 Å². The fourth-order valence-corrected chi connectivity index (χ4v) is 3.48. The Hall–Kier alpha value is -3.66. The molecule has 3 rings (SSSR count). The Labute approximate surface area is 202 Å². The molecule has 0 saturated heterocycles. The van der Waals surface area contributed by atoms with Crippen molar-refractivity contribution in [2.75, 3.05) is 13.1 Å². The van der Waals surface area contributed by atoms with Gasteiger partial charge in [-0.05, 0) is 40.2 Å². The molecule has 0 radical (unpaired) electrons.